The van der Waals surface area contributed by atoms with E-state index in [1.807, 2.05) is 24.3 Å². The van der Waals surface area contributed by atoms with E-state index in [9.17, 15) is 14.4 Å². The van der Waals surface area contributed by atoms with E-state index in [0.29, 0.717) is 31.7 Å². The van der Waals surface area contributed by atoms with Gasteiger partial charge in [-0.05, 0) is 43.3 Å². The quantitative estimate of drug-likeness (QED) is 0.869. The van der Waals surface area contributed by atoms with E-state index in [0.717, 1.165) is 5.69 Å². The largest absolute Gasteiger partial charge is 0.368 e. The van der Waals surface area contributed by atoms with Gasteiger partial charge in [-0.25, -0.2) is 0 Å². The predicted molar refractivity (Wildman–Crippen MR) is 91.6 cm³/mol. The third-order valence-corrected chi connectivity index (χ3v) is 4.25. The van der Waals surface area contributed by atoms with Crippen molar-refractivity contribution in [2.45, 2.75) is 6.92 Å². The Labute approximate surface area is 139 Å². The Balaban J connectivity index is 1.65. The van der Waals surface area contributed by atoms with Crippen molar-refractivity contribution in [1.82, 2.24) is 9.88 Å². The molecule has 124 valence electrons. The van der Waals surface area contributed by atoms with Crippen LogP contribution >= 0.6 is 0 Å². The summed E-state index contributed by atoms with van der Waals surface area (Å²) in [4.78, 5) is 41.9. The van der Waals surface area contributed by atoms with Crippen molar-refractivity contribution in [2.24, 2.45) is 0 Å². The highest BCUT2D eigenvalue weighted by molar-refractivity contribution is 5.94. The number of piperazine rings is 1. The van der Waals surface area contributed by atoms with Gasteiger partial charge in [-0.15, -0.1) is 0 Å². The number of nitrogens with zero attached hydrogens (tertiary/aromatic N) is 2. The molecule has 1 N–H and O–H groups in total. The number of carbonyl (C=O) groups excluding carboxylic acids is 2. The number of H-pyrrole nitrogens is 1. The SMILES string of the molecule is CC(=O)c1ccc(N2CCN(C(=O)c3ccc[nH]c3=O)CC2)cc1. The maximum absolute atomic E-state index is 12.4. The zero-order valence-corrected chi connectivity index (χ0v) is 13.5. The average molecular weight is 325 g/mol. The van der Waals surface area contributed by atoms with E-state index in [2.05, 4.69) is 9.88 Å². The maximum Gasteiger partial charge on any atom is 0.260 e. The minimum atomic E-state index is -0.357. The lowest BCUT2D eigenvalue weighted by Crippen LogP contribution is -2.49. The molecule has 0 unspecified atom stereocenters. The van der Waals surface area contributed by atoms with Crippen LogP contribution in [0.4, 0.5) is 5.69 Å². The predicted octanol–water partition coefficient (Wildman–Crippen LogP) is 1.54. The van der Waals surface area contributed by atoms with Crippen molar-refractivity contribution in [3.63, 3.8) is 0 Å². The highest BCUT2D eigenvalue weighted by Gasteiger charge is 2.23. The second-order valence-electron chi connectivity index (χ2n) is 5.80. The number of hydrogen-bond acceptors (Lipinski definition) is 4. The standard InChI is InChI=1S/C18H19N3O3/c1-13(22)14-4-6-15(7-5-14)20-9-11-21(12-10-20)18(24)16-3-2-8-19-17(16)23/h2-8H,9-12H2,1H3,(H,19,23). The van der Waals surface area contributed by atoms with Crippen molar-refractivity contribution >= 4 is 17.4 Å². The third-order valence-electron chi connectivity index (χ3n) is 4.25. The normalized spacial score (nSPS) is 14.5. The van der Waals surface area contributed by atoms with E-state index in [1.54, 1.807) is 24.0 Å². The molecule has 6 nitrogen and oxygen atoms in total. The molecule has 1 aromatic heterocycles. The Hall–Kier alpha value is -2.89. The van der Waals surface area contributed by atoms with Crippen LogP contribution in [-0.4, -0.2) is 47.8 Å². The monoisotopic (exact) mass is 325 g/mol. The Kier molecular flexibility index (Phi) is 4.46. The second-order valence-corrected chi connectivity index (χ2v) is 5.80. The van der Waals surface area contributed by atoms with Gasteiger partial charge in [0, 0.05) is 43.6 Å². The fraction of sp³-hybridized carbons (Fsp3) is 0.278. The molecule has 0 atom stereocenters. The highest BCUT2D eigenvalue weighted by Crippen LogP contribution is 2.18. The van der Waals surface area contributed by atoms with Crippen molar-refractivity contribution in [2.75, 3.05) is 31.1 Å². The van der Waals surface area contributed by atoms with Crippen LogP contribution in [0.15, 0.2) is 47.4 Å². The summed E-state index contributed by atoms with van der Waals surface area (Å²) in [5.74, 6) is -0.187. The zero-order valence-electron chi connectivity index (χ0n) is 13.5. The van der Waals surface area contributed by atoms with Crippen molar-refractivity contribution in [1.29, 1.82) is 0 Å². The van der Waals surface area contributed by atoms with Gasteiger partial charge < -0.3 is 14.8 Å². The molecule has 1 aliphatic heterocycles. The van der Waals surface area contributed by atoms with Crippen LogP contribution in [0.3, 0.4) is 0 Å². The number of ketones is 1. The maximum atomic E-state index is 12.4. The molecule has 0 spiro atoms. The molecule has 1 fully saturated rings. The second kappa shape index (κ2) is 6.70. The van der Waals surface area contributed by atoms with Gasteiger partial charge in [0.2, 0.25) is 0 Å². The molecule has 2 aromatic rings. The summed E-state index contributed by atoms with van der Waals surface area (Å²) in [6, 6.07) is 10.7. The van der Waals surface area contributed by atoms with E-state index in [1.165, 1.54) is 6.20 Å². The lowest BCUT2D eigenvalue weighted by Gasteiger charge is -2.36. The lowest BCUT2D eigenvalue weighted by molar-refractivity contribution is 0.0744. The number of hydrogen-bond donors (Lipinski definition) is 1. The lowest BCUT2D eigenvalue weighted by atomic mass is 10.1. The number of aromatic nitrogens is 1. The van der Waals surface area contributed by atoms with Crippen LogP contribution in [0.2, 0.25) is 0 Å². The van der Waals surface area contributed by atoms with Gasteiger partial charge in [0.05, 0.1) is 0 Å². The van der Waals surface area contributed by atoms with Gasteiger partial charge >= 0.3 is 0 Å². The van der Waals surface area contributed by atoms with Crippen molar-refractivity contribution in [3.05, 3.63) is 64.1 Å². The van der Waals surface area contributed by atoms with Crippen LogP contribution in [0.1, 0.15) is 27.6 Å². The molecule has 1 aliphatic rings. The van der Waals surface area contributed by atoms with Crippen LogP contribution in [0.5, 0.6) is 0 Å². The molecule has 0 bridgehead atoms. The summed E-state index contributed by atoms with van der Waals surface area (Å²) >= 11 is 0. The average Bonchev–Trinajstić information content (AvgIpc) is 2.62. The van der Waals surface area contributed by atoms with Crippen LogP contribution in [-0.2, 0) is 0 Å². The number of amides is 1. The van der Waals surface area contributed by atoms with Crippen molar-refractivity contribution < 1.29 is 9.59 Å². The summed E-state index contributed by atoms with van der Waals surface area (Å²) in [6.45, 7) is 4.04. The molecule has 2 heterocycles. The summed E-state index contributed by atoms with van der Waals surface area (Å²) in [6.07, 6.45) is 1.52. The van der Waals surface area contributed by atoms with E-state index in [4.69, 9.17) is 0 Å². The first kappa shape index (κ1) is 16.0. The molecule has 3 rings (SSSR count). The number of aromatic amines is 1. The van der Waals surface area contributed by atoms with E-state index < -0.39 is 0 Å². The number of rotatable bonds is 3. The summed E-state index contributed by atoms with van der Waals surface area (Å²) < 4.78 is 0. The van der Waals surface area contributed by atoms with Gasteiger partial charge in [0.1, 0.15) is 5.56 Å². The van der Waals surface area contributed by atoms with Gasteiger partial charge in [0.15, 0.2) is 5.78 Å². The molecule has 1 aromatic carbocycles. The molecule has 6 heteroatoms. The number of Topliss-reactive ketones (excluding diaryl/α,β-unsaturated/α-hetero) is 1. The molecule has 1 saturated heterocycles. The Morgan fingerprint density at radius 3 is 2.25 bits per heavy atom. The molecule has 1 amide bonds. The fourth-order valence-electron chi connectivity index (χ4n) is 2.84. The molecule has 0 radical (unpaired) electrons. The number of pyridine rings is 1. The van der Waals surface area contributed by atoms with Gasteiger partial charge in [-0.2, -0.15) is 0 Å². The minimum absolute atomic E-state index is 0.0463. The van der Waals surface area contributed by atoms with Crippen LogP contribution < -0.4 is 10.5 Å². The summed E-state index contributed by atoms with van der Waals surface area (Å²) in [7, 11) is 0. The zero-order chi connectivity index (χ0) is 17.1. The number of carbonyl (C=O) groups is 2. The molecular weight excluding hydrogens is 306 g/mol. The van der Waals surface area contributed by atoms with Gasteiger partial charge in [-0.3, -0.25) is 14.4 Å². The van der Waals surface area contributed by atoms with Crippen molar-refractivity contribution in [3.8, 4) is 0 Å². The molecule has 0 aliphatic carbocycles. The first-order valence-electron chi connectivity index (χ1n) is 7.89. The third kappa shape index (κ3) is 3.22. The van der Waals surface area contributed by atoms with E-state index >= 15 is 0 Å². The smallest absolute Gasteiger partial charge is 0.260 e. The topological polar surface area (TPSA) is 73.5 Å². The first-order chi connectivity index (χ1) is 11.6. The summed E-state index contributed by atoms with van der Waals surface area (Å²) in [5, 5.41) is 0. The Morgan fingerprint density at radius 1 is 1.00 bits per heavy atom. The number of nitrogens with one attached hydrogen (secondary N) is 1. The van der Waals surface area contributed by atoms with Crippen LogP contribution in [0.25, 0.3) is 0 Å². The first-order valence-corrected chi connectivity index (χ1v) is 7.89. The Bertz CT molecular complexity index is 803. The molecule has 0 saturated carbocycles. The number of anilines is 1. The highest BCUT2D eigenvalue weighted by atomic mass is 16.2. The Morgan fingerprint density at radius 2 is 1.67 bits per heavy atom. The summed E-state index contributed by atoms with van der Waals surface area (Å²) in [5.41, 5.74) is 1.54. The van der Waals surface area contributed by atoms with Crippen LogP contribution in [0, 0.1) is 0 Å². The molecule has 24 heavy (non-hydrogen) atoms. The van der Waals surface area contributed by atoms with Gasteiger partial charge in [0.25, 0.3) is 11.5 Å². The number of benzene rings is 1. The molecular formula is C18H19N3O3. The fourth-order valence-corrected chi connectivity index (χ4v) is 2.84. The van der Waals surface area contributed by atoms with Gasteiger partial charge in [-0.1, -0.05) is 0 Å². The van der Waals surface area contributed by atoms with E-state index in [-0.39, 0.29) is 22.8 Å². The minimum Gasteiger partial charge on any atom is -0.368 e.